The third-order valence-electron chi connectivity index (χ3n) is 7.70. The lowest BCUT2D eigenvalue weighted by atomic mass is 10.1. The SMILES string of the molecule is NC(N)=NCCCC(CN=O)n1c(-c2cccc(Oc3ccccc3)c2)nc2cc(C(=O)NCCCN3CCOCC3)ccc21. The van der Waals surface area contributed by atoms with Gasteiger partial charge in [-0.15, -0.1) is 0 Å². The summed E-state index contributed by atoms with van der Waals surface area (Å²) >= 11 is 0. The number of nitrogens with zero attached hydrogens (tertiary/aromatic N) is 5. The molecular weight excluding hydrogens is 572 g/mol. The summed E-state index contributed by atoms with van der Waals surface area (Å²) in [6.07, 6.45) is 2.08. The molecule has 1 aliphatic rings. The fraction of sp³-hybridized carbons (Fsp3) is 0.364. The number of aliphatic imine (C=N–C) groups is 1. The van der Waals surface area contributed by atoms with E-state index in [1.165, 1.54) is 0 Å². The molecule has 0 aliphatic carbocycles. The van der Waals surface area contributed by atoms with E-state index < -0.39 is 0 Å². The van der Waals surface area contributed by atoms with Crippen LogP contribution in [0.15, 0.2) is 83.0 Å². The summed E-state index contributed by atoms with van der Waals surface area (Å²) in [4.78, 5) is 36.2. The predicted molar refractivity (Wildman–Crippen MR) is 176 cm³/mol. The average molecular weight is 613 g/mol. The number of ether oxygens (including phenoxy) is 2. The first-order chi connectivity index (χ1) is 22.0. The van der Waals surface area contributed by atoms with E-state index in [2.05, 4.69) is 20.4 Å². The highest BCUT2D eigenvalue weighted by Gasteiger charge is 2.22. The van der Waals surface area contributed by atoms with Gasteiger partial charge in [0, 0.05) is 37.3 Å². The van der Waals surface area contributed by atoms with Crippen LogP contribution in [0, 0.1) is 4.91 Å². The van der Waals surface area contributed by atoms with Gasteiger partial charge >= 0.3 is 0 Å². The number of fused-ring (bicyclic) bond motifs is 1. The molecule has 45 heavy (non-hydrogen) atoms. The minimum Gasteiger partial charge on any atom is -0.457 e. The summed E-state index contributed by atoms with van der Waals surface area (Å²) in [6, 6.07) is 22.3. The zero-order chi connectivity index (χ0) is 31.4. The molecule has 1 aliphatic heterocycles. The number of carbonyl (C=O) groups is 1. The van der Waals surface area contributed by atoms with Gasteiger partial charge in [-0.05, 0) is 68.3 Å². The molecule has 3 aromatic carbocycles. The maximum atomic E-state index is 13.1. The Bertz CT molecular complexity index is 1600. The summed E-state index contributed by atoms with van der Waals surface area (Å²) in [5.74, 6) is 1.87. The van der Waals surface area contributed by atoms with Gasteiger partial charge in [0.05, 0.1) is 30.3 Å². The number of aromatic nitrogens is 2. The maximum absolute atomic E-state index is 13.1. The first kappa shape index (κ1) is 31.6. The van der Waals surface area contributed by atoms with E-state index in [0.717, 1.165) is 50.3 Å². The Balaban J connectivity index is 1.42. The molecule has 4 aromatic rings. The molecule has 1 atom stereocenters. The van der Waals surface area contributed by atoms with Gasteiger partial charge in [-0.3, -0.25) is 14.7 Å². The van der Waals surface area contributed by atoms with Gasteiger partial charge in [-0.1, -0.05) is 35.5 Å². The lowest BCUT2D eigenvalue weighted by molar-refractivity contribution is 0.0374. The molecule has 0 spiro atoms. The van der Waals surface area contributed by atoms with Gasteiger partial charge in [-0.2, -0.15) is 4.91 Å². The topological polar surface area (TPSA) is 162 Å². The van der Waals surface area contributed by atoms with Crippen LogP contribution in [-0.2, 0) is 4.74 Å². The number of rotatable bonds is 15. The van der Waals surface area contributed by atoms with Crippen molar-refractivity contribution in [1.29, 1.82) is 0 Å². The number of nitrogens with one attached hydrogen (secondary N) is 1. The molecular formula is C33H40N8O4. The second kappa shape index (κ2) is 15.8. The zero-order valence-electron chi connectivity index (χ0n) is 25.3. The number of nitrogens with two attached hydrogens (primary N) is 2. The molecule has 1 fully saturated rings. The molecule has 1 amide bonds. The summed E-state index contributed by atoms with van der Waals surface area (Å²) in [5.41, 5.74) is 13.8. The number of benzene rings is 3. The number of nitroso groups, excluding NO2 is 1. The Morgan fingerprint density at radius 1 is 1.00 bits per heavy atom. The van der Waals surface area contributed by atoms with Crippen molar-refractivity contribution >= 4 is 22.9 Å². The van der Waals surface area contributed by atoms with Crippen molar-refractivity contribution in [3.05, 3.63) is 83.3 Å². The molecule has 0 radical (unpaired) electrons. The van der Waals surface area contributed by atoms with Crippen LogP contribution >= 0.6 is 0 Å². The van der Waals surface area contributed by atoms with E-state index in [-0.39, 0.29) is 24.5 Å². The van der Waals surface area contributed by atoms with Crippen molar-refractivity contribution in [2.45, 2.75) is 25.3 Å². The van der Waals surface area contributed by atoms with Gasteiger partial charge in [0.15, 0.2) is 5.96 Å². The first-order valence-corrected chi connectivity index (χ1v) is 15.3. The van der Waals surface area contributed by atoms with Crippen molar-refractivity contribution in [2.75, 3.05) is 52.5 Å². The normalized spacial score (nSPS) is 14.1. The van der Waals surface area contributed by atoms with Crippen LogP contribution in [0.5, 0.6) is 11.5 Å². The Morgan fingerprint density at radius 2 is 1.80 bits per heavy atom. The number of carbonyl (C=O) groups excluding carboxylic acids is 1. The Kier molecular flexibility index (Phi) is 11.1. The third-order valence-corrected chi connectivity index (χ3v) is 7.70. The summed E-state index contributed by atoms with van der Waals surface area (Å²) in [6.45, 7) is 5.31. The minimum atomic E-state index is -0.310. The van der Waals surface area contributed by atoms with Gasteiger partial charge in [-0.25, -0.2) is 4.98 Å². The standard InChI is InChI=1S/C33H40N8O4/c34-33(35)37-14-5-8-26(23-38-43)41-30-13-12-25(32(42)36-15-6-16-40-17-19-44-20-18-40)22-29(30)39-31(41)24-7-4-11-28(21-24)45-27-9-2-1-3-10-27/h1-4,7,9-13,21-22,26H,5-6,8,14-20,23H2,(H,36,42)(H4,34,35,37). The van der Waals surface area contributed by atoms with Gasteiger partial charge in [0.1, 0.15) is 23.9 Å². The van der Waals surface area contributed by atoms with Crippen molar-refractivity contribution in [1.82, 2.24) is 19.8 Å². The van der Waals surface area contributed by atoms with Gasteiger partial charge < -0.3 is 30.8 Å². The molecule has 0 bridgehead atoms. The Labute approximate surface area is 262 Å². The molecule has 5 N–H and O–H groups in total. The number of para-hydroxylation sites is 1. The van der Waals surface area contributed by atoms with Gasteiger partial charge in [0.2, 0.25) is 0 Å². The second-order valence-electron chi connectivity index (χ2n) is 10.9. The van der Waals surface area contributed by atoms with Crippen molar-refractivity contribution < 1.29 is 14.3 Å². The highest BCUT2D eigenvalue weighted by atomic mass is 16.5. The third kappa shape index (κ3) is 8.64. The molecule has 2 heterocycles. The first-order valence-electron chi connectivity index (χ1n) is 15.3. The summed E-state index contributed by atoms with van der Waals surface area (Å²) in [7, 11) is 0. The van der Waals surface area contributed by atoms with Crippen LogP contribution in [0.3, 0.4) is 0 Å². The molecule has 0 saturated carbocycles. The fourth-order valence-electron chi connectivity index (χ4n) is 5.49. The molecule has 12 heteroatoms. The van der Waals surface area contributed by atoms with Crippen molar-refractivity contribution in [3.8, 4) is 22.9 Å². The predicted octanol–water partition coefficient (Wildman–Crippen LogP) is 4.31. The molecule has 12 nitrogen and oxygen atoms in total. The lowest BCUT2D eigenvalue weighted by Crippen LogP contribution is -2.38. The zero-order valence-corrected chi connectivity index (χ0v) is 25.3. The van der Waals surface area contributed by atoms with E-state index in [4.69, 9.17) is 25.9 Å². The number of guanidine groups is 1. The number of hydrogen-bond acceptors (Lipinski definition) is 8. The molecule has 1 unspecified atom stereocenters. The summed E-state index contributed by atoms with van der Waals surface area (Å²) < 4.78 is 13.5. The fourth-order valence-corrected chi connectivity index (χ4v) is 5.49. The second-order valence-corrected chi connectivity index (χ2v) is 10.9. The average Bonchev–Trinajstić information content (AvgIpc) is 3.44. The number of morpholine rings is 1. The van der Waals surface area contributed by atoms with Crippen molar-refractivity contribution in [2.24, 2.45) is 21.6 Å². The van der Waals surface area contributed by atoms with E-state index in [0.29, 0.717) is 54.3 Å². The largest absolute Gasteiger partial charge is 0.457 e. The smallest absolute Gasteiger partial charge is 0.251 e. The van der Waals surface area contributed by atoms with Crippen LogP contribution in [0.2, 0.25) is 0 Å². The highest BCUT2D eigenvalue weighted by Crippen LogP contribution is 2.33. The molecule has 236 valence electrons. The molecule has 5 rings (SSSR count). The van der Waals surface area contributed by atoms with E-state index in [9.17, 15) is 9.70 Å². The Hall–Kier alpha value is -4.81. The monoisotopic (exact) mass is 612 g/mol. The summed E-state index contributed by atoms with van der Waals surface area (Å²) in [5, 5.41) is 6.30. The highest BCUT2D eigenvalue weighted by molar-refractivity contribution is 5.98. The van der Waals surface area contributed by atoms with Crippen molar-refractivity contribution in [3.63, 3.8) is 0 Å². The van der Waals surface area contributed by atoms with Gasteiger partial charge in [0.25, 0.3) is 5.91 Å². The van der Waals surface area contributed by atoms with Crippen LogP contribution in [0.4, 0.5) is 0 Å². The quantitative estimate of drug-likeness (QED) is 0.0774. The van der Waals surface area contributed by atoms with E-state index in [1.54, 1.807) is 12.1 Å². The maximum Gasteiger partial charge on any atom is 0.251 e. The lowest BCUT2D eigenvalue weighted by Gasteiger charge is -2.26. The minimum absolute atomic E-state index is 0.0240. The van der Waals surface area contributed by atoms with Crippen LogP contribution in [0.25, 0.3) is 22.4 Å². The molecule has 1 saturated heterocycles. The van der Waals surface area contributed by atoms with Crippen LogP contribution in [0.1, 0.15) is 35.7 Å². The number of hydrogen-bond donors (Lipinski definition) is 3. The molecule has 1 aromatic heterocycles. The Morgan fingerprint density at radius 3 is 2.58 bits per heavy atom. The van der Waals surface area contributed by atoms with E-state index in [1.807, 2.05) is 65.2 Å². The van der Waals surface area contributed by atoms with Crippen LogP contribution in [-0.4, -0.2) is 78.8 Å². The number of imidazole rings is 1. The van der Waals surface area contributed by atoms with Crippen LogP contribution < -0.4 is 21.5 Å². The number of amides is 1. The van der Waals surface area contributed by atoms with E-state index >= 15 is 0 Å².